The Morgan fingerprint density at radius 3 is 2.80 bits per heavy atom. The lowest BCUT2D eigenvalue weighted by atomic mass is 10.2. The lowest BCUT2D eigenvalue weighted by molar-refractivity contribution is 0.129. The number of hydrogen-bond acceptors (Lipinski definition) is 3. The Kier molecular flexibility index (Phi) is 5.61. The molecule has 0 spiro atoms. The van der Waals surface area contributed by atoms with Crippen molar-refractivity contribution in [3.8, 4) is 0 Å². The lowest BCUT2D eigenvalue weighted by Gasteiger charge is -2.19. The van der Waals surface area contributed by atoms with Gasteiger partial charge in [-0.2, -0.15) is 0 Å². The van der Waals surface area contributed by atoms with E-state index in [1.807, 2.05) is 19.2 Å². The Balaban J connectivity index is 2.38. The predicted molar refractivity (Wildman–Crippen MR) is 66.7 cm³/mol. The van der Waals surface area contributed by atoms with E-state index in [1.165, 1.54) is 24.2 Å². The van der Waals surface area contributed by atoms with Crippen molar-refractivity contribution in [1.82, 2.24) is 4.90 Å². The van der Waals surface area contributed by atoms with Crippen LogP contribution in [0.2, 0.25) is 4.34 Å². The smallest absolute Gasteiger partial charge is 0.101 e. The van der Waals surface area contributed by atoms with Gasteiger partial charge in [0.1, 0.15) is 6.10 Å². The first-order valence-electron chi connectivity index (χ1n) is 5.25. The van der Waals surface area contributed by atoms with Crippen LogP contribution in [0.5, 0.6) is 0 Å². The first-order valence-corrected chi connectivity index (χ1v) is 6.44. The van der Waals surface area contributed by atoms with Crippen molar-refractivity contribution in [2.45, 2.75) is 25.9 Å². The summed E-state index contributed by atoms with van der Waals surface area (Å²) in [5.41, 5.74) is 0. The van der Waals surface area contributed by atoms with E-state index in [0.717, 1.165) is 15.8 Å². The average Bonchev–Trinajstić information content (AvgIpc) is 2.61. The molecular weight excluding hydrogens is 230 g/mol. The van der Waals surface area contributed by atoms with Crippen LogP contribution >= 0.6 is 22.9 Å². The van der Waals surface area contributed by atoms with E-state index in [-0.39, 0.29) is 0 Å². The summed E-state index contributed by atoms with van der Waals surface area (Å²) in [6.45, 7) is 3.88. The van der Waals surface area contributed by atoms with Crippen LogP contribution in [-0.2, 0) is 0 Å². The van der Waals surface area contributed by atoms with Crippen LogP contribution in [-0.4, -0.2) is 30.1 Å². The van der Waals surface area contributed by atoms with Crippen LogP contribution in [0.4, 0.5) is 0 Å². The van der Waals surface area contributed by atoms with Gasteiger partial charge in [-0.3, -0.25) is 0 Å². The zero-order valence-corrected chi connectivity index (χ0v) is 10.8. The van der Waals surface area contributed by atoms with Crippen LogP contribution < -0.4 is 0 Å². The Labute approximate surface area is 100 Å². The third kappa shape index (κ3) is 4.51. The van der Waals surface area contributed by atoms with Gasteiger partial charge in [0, 0.05) is 11.4 Å². The molecule has 1 heterocycles. The predicted octanol–water partition coefficient (Wildman–Crippen LogP) is 3.17. The zero-order chi connectivity index (χ0) is 11.3. The van der Waals surface area contributed by atoms with Gasteiger partial charge in [0.05, 0.1) is 4.34 Å². The molecule has 86 valence electrons. The minimum atomic E-state index is -0.413. The van der Waals surface area contributed by atoms with E-state index in [0.29, 0.717) is 6.54 Å². The van der Waals surface area contributed by atoms with Gasteiger partial charge in [0.25, 0.3) is 0 Å². The molecule has 0 fully saturated rings. The van der Waals surface area contributed by atoms with Crippen LogP contribution in [0.15, 0.2) is 12.1 Å². The molecule has 1 N–H and O–H groups in total. The molecule has 1 aromatic rings. The number of aliphatic hydroxyl groups excluding tert-OH is 1. The summed E-state index contributed by atoms with van der Waals surface area (Å²) >= 11 is 7.27. The summed E-state index contributed by atoms with van der Waals surface area (Å²) < 4.78 is 0.736. The monoisotopic (exact) mass is 247 g/mol. The highest BCUT2D eigenvalue weighted by molar-refractivity contribution is 7.16. The van der Waals surface area contributed by atoms with E-state index in [4.69, 9.17) is 11.6 Å². The highest BCUT2D eigenvalue weighted by Gasteiger charge is 2.12. The largest absolute Gasteiger partial charge is 0.386 e. The summed E-state index contributed by atoms with van der Waals surface area (Å²) in [6.07, 6.45) is 1.95. The first-order chi connectivity index (χ1) is 7.13. The second-order valence-electron chi connectivity index (χ2n) is 3.77. The summed E-state index contributed by atoms with van der Waals surface area (Å²) in [6, 6.07) is 3.72. The van der Waals surface area contributed by atoms with E-state index in [2.05, 4.69) is 11.8 Å². The van der Waals surface area contributed by atoms with E-state index >= 15 is 0 Å². The van der Waals surface area contributed by atoms with Gasteiger partial charge in [-0.25, -0.2) is 0 Å². The minimum absolute atomic E-state index is 0.413. The highest BCUT2D eigenvalue weighted by Crippen LogP contribution is 2.27. The number of halogens is 1. The molecule has 0 bridgehead atoms. The Hall–Kier alpha value is -0.0900. The molecule has 0 aromatic carbocycles. The van der Waals surface area contributed by atoms with Crippen molar-refractivity contribution in [3.63, 3.8) is 0 Å². The maximum atomic E-state index is 9.91. The van der Waals surface area contributed by atoms with Crippen LogP contribution in [0, 0.1) is 0 Å². The molecule has 1 rings (SSSR count). The fourth-order valence-electron chi connectivity index (χ4n) is 1.41. The van der Waals surface area contributed by atoms with Gasteiger partial charge in [0.2, 0.25) is 0 Å². The Morgan fingerprint density at radius 2 is 2.27 bits per heavy atom. The quantitative estimate of drug-likeness (QED) is 0.835. The maximum absolute atomic E-state index is 9.91. The molecule has 4 heteroatoms. The molecule has 0 aliphatic carbocycles. The van der Waals surface area contributed by atoms with E-state index in [9.17, 15) is 5.11 Å². The van der Waals surface area contributed by atoms with E-state index in [1.54, 1.807) is 0 Å². The SMILES string of the molecule is CCCCN(C)CC(O)c1ccc(Cl)s1. The lowest BCUT2D eigenvalue weighted by Crippen LogP contribution is -2.25. The van der Waals surface area contributed by atoms with Crippen molar-refractivity contribution in [2.75, 3.05) is 20.1 Å². The minimum Gasteiger partial charge on any atom is -0.386 e. The second-order valence-corrected chi connectivity index (χ2v) is 5.52. The van der Waals surface area contributed by atoms with Gasteiger partial charge < -0.3 is 10.0 Å². The second kappa shape index (κ2) is 6.48. The number of thiophene rings is 1. The van der Waals surface area contributed by atoms with Crippen LogP contribution in [0.1, 0.15) is 30.7 Å². The normalized spacial score (nSPS) is 13.4. The van der Waals surface area contributed by atoms with Gasteiger partial charge >= 0.3 is 0 Å². The molecular formula is C11H18ClNOS. The molecule has 0 aliphatic rings. The molecule has 0 radical (unpaired) electrons. The van der Waals surface area contributed by atoms with Gasteiger partial charge in [-0.05, 0) is 32.1 Å². The summed E-state index contributed by atoms with van der Waals surface area (Å²) in [5.74, 6) is 0. The molecule has 1 unspecified atom stereocenters. The summed E-state index contributed by atoms with van der Waals surface area (Å²) in [4.78, 5) is 3.10. The molecule has 2 nitrogen and oxygen atoms in total. The van der Waals surface area contributed by atoms with Crippen molar-refractivity contribution < 1.29 is 5.11 Å². The maximum Gasteiger partial charge on any atom is 0.101 e. The average molecular weight is 248 g/mol. The number of unbranched alkanes of at least 4 members (excludes halogenated alkanes) is 1. The topological polar surface area (TPSA) is 23.5 Å². The van der Waals surface area contributed by atoms with Gasteiger partial charge in [-0.1, -0.05) is 24.9 Å². The fraction of sp³-hybridized carbons (Fsp3) is 0.636. The number of likely N-dealkylation sites (N-methyl/N-ethyl adjacent to an activating group) is 1. The molecule has 1 aromatic heterocycles. The summed E-state index contributed by atoms with van der Waals surface area (Å²) in [7, 11) is 2.04. The highest BCUT2D eigenvalue weighted by atomic mass is 35.5. The number of nitrogens with zero attached hydrogens (tertiary/aromatic N) is 1. The molecule has 0 aliphatic heterocycles. The van der Waals surface area contributed by atoms with Crippen LogP contribution in [0.3, 0.4) is 0 Å². The van der Waals surface area contributed by atoms with Crippen LogP contribution in [0.25, 0.3) is 0 Å². The summed E-state index contributed by atoms with van der Waals surface area (Å²) in [5, 5.41) is 9.91. The Morgan fingerprint density at radius 1 is 1.53 bits per heavy atom. The first kappa shape index (κ1) is 13.0. The zero-order valence-electron chi connectivity index (χ0n) is 9.24. The molecule has 0 saturated heterocycles. The number of rotatable bonds is 6. The van der Waals surface area contributed by atoms with Gasteiger partial charge in [0.15, 0.2) is 0 Å². The number of aliphatic hydroxyl groups is 1. The van der Waals surface area contributed by atoms with Crippen molar-refractivity contribution in [2.24, 2.45) is 0 Å². The van der Waals surface area contributed by atoms with Crippen molar-refractivity contribution in [1.29, 1.82) is 0 Å². The van der Waals surface area contributed by atoms with E-state index < -0.39 is 6.10 Å². The molecule has 0 amide bonds. The van der Waals surface area contributed by atoms with Gasteiger partial charge in [-0.15, -0.1) is 11.3 Å². The fourth-order valence-corrected chi connectivity index (χ4v) is 2.45. The third-order valence-corrected chi connectivity index (χ3v) is 3.63. The third-order valence-electron chi connectivity index (χ3n) is 2.30. The number of hydrogen-bond donors (Lipinski definition) is 1. The van der Waals surface area contributed by atoms with Crippen molar-refractivity contribution in [3.05, 3.63) is 21.3 Å². The Bertz CT molecular complexity index is 290. The van der Waals surface area contributed by atoms with Crippen molar-refractivity contribution >= 4 is 22.9 Å². The molecule has 15 heavy (non-hydrogen) atoms. The molecule has 0 saturated carbocycles. The molecule has 1 atom stereocenters. The standard InChI is InChI=1S/C11H18ClNOS/c1-3-4-7-13(2)8-9(14)10-5-6-11(12)15-10/h5-6,9,14H,3-4,7-8H2,1-2H3.